The Hall–Kier alpha value is -1.79. The van der Waals surface area contributed by atoms with Gasteiger partial charge >= 0.3 is 0 Å². The minimum atomic E-state index is -0.121. The van der Waals surface area contributed by atoms with Crippen LogP contribution < -0.4 is 5.56 Å². The molecule has 1 N–H and O–H groups in total. The second kappa shape index (κ2) is 5.84. The van der Waals surface area contributed by atoms with Crippen molar-refractivity contribution in [2.24, 2.45) is 0 Å². The van der Waals surface area contributed by atoms with Crippen LogP contribution in [0.1, 0.15) is 12.6 Å². The highest BCUT2D eigenvalue weighted by Crippen LogP contribution is 1.92. The quantitative estimate of drug-likeness (QED) is 0.597. The van der Waals surface area contributed by atoms with E-state index in [-0.39, 0.29) is 5.56 Å². The molecule has 0 bridgehead atoms. The zero-order valence-corrected chi connectivity index (χ0v) is 8.67. The first kappa shape index (κ1) is 11.3. The minimum absolute atomic E-state index is 0.121. The van der Waals surface area contributed by atoms with Crippen molar-refractivity contribution in [2.45, 2.75) is 13.5 Å². The fourth-order valence-electron chi connectivity index (χ4n) is 0.976. The van der Waals surface area contributed by atoms with Gasteiger partial charge in [-0.2, -0.15) is 0 Å². The molecule has 0 radical (unpaired) electrons. The van der Waals surface area contributed by atoms with Gasteiger partial charge in [0.2, 0.25) is 5.56 Å². The van der Waals surface area contributed by atoms with E-state index in [1.807, 2.05) is 6.92 Å². The van der Waals surface area contributed by atoms with Crippen molar-refractivity contribution in [2.75, 3.05) is 6.61 Å². The molecular formula is C12H13NO2. The van der Waals surface area contributed by atoms with Crippen LogP contribution in [0, 0.1) is 11.8 Å². The van der Waals surface area contributed by atoms with Crippen LogP contribution in [0.4, 0.5) is 0 Å². The lowest BCUT2D eigenvalue weighted by Gasteiger charge is -1.99. The smallest absolute Gasteiger partial charge is 0.248 e. The Labute approximate surface area is 88.8 Å². The summed E-state index contributed by atoms with van der Waals surface area (Å²) in [6, 6.07) is 4.95. The summed E-state index contributed by atoms with van der Waals surface area (Å²) in [7, 11) is 0. The molecule has 1 heterocycles. The first-order valence-electron chi connectivity index (χ1n) is 4.59. The molecule has 0 fully saturated rings. The Morgan fingerprint density at radius 2 is 2.40 bits per heavy atom. The molecule has 0 atom stereocenters. The molecule has 1 aromatic heterocycles. The Balaban J connectivity index is 2.36. The summed E-state index contributed by atoms with van der Waals surface area (Å²) >= 11 is 0. The van der Waals surface area contributed by atoms with Gasteiger partial charge in [-0.25, -0.2) is 0 Å². The van der Waals surface area contributed by atoms with Gasteiger partial charge in [-0.3, -0.25) is 4.79 Å². The van der Waals surface area contributed by atoms with Crippen LogP contribution in [0.3, 0.4) is 0 Å². The van der Waals surface area contributed by atoms with Gasteiger partial charge < -0.3 is 9.72 Å². The number of hydrogen-bond donors (Lipinski definition) is 1. The number of allylic oxidation sites excluding steroid dienone is 1. The van der Waals surface area contributed by atoms with Crippen molar-refractivity contribution in [3.05, 3.63) is 46.4 Å². The average molecular weight is 203 g/mol. The van der Waals surface area contributed by atoms with E-state index in [0.29, 0.717) is 13.2 Å². The van der Waals surface area contributed by atoms with E-state index < -0.39 is 0 Å². The molecule has 0 aliphatic carbocycles. The van der Waals surface area contributed by atoms with E-state index in [9.17, 15) is 4.79 Å². The van der Waals surface area contributed by atoms with Crippen molar-refractivity contribution in [3.63, 3.8) is 0 Å². The molecule has 0 saturated heterocycles. The van der Waals surface area contributed by atoms with Crippen molar-refractivity contribution < 1.29 is 4.74 Å². The molecular weight excluding hydrogens is 190 g/mol. The normalized spacial score (nSPS) is 9.13. The third kappa shape index (κ3) is 4.84. The molecule has 3 nitrogen and oxygen atoms in total. The van der Waals surface area contributed by atoms with E-state index in [1.165, 1.54) is 6.07 Å². The summed E-state index contributed by atoms with van der Waals surface area (Å²) in [5.41, 5.74) is 1.44. The van der Waals surface area contributed by atoms with Crippen molar-refractivity contribution in [1.82, 2.24) is 4.98 Å². The van der Waals surface area contributed by atoms with Gasteiger partial charge in [0, 0.05) is 11.8 Å². The number of hydrogen-bond acceptors (Lipinski definition) is 2. The van der Waals surface area contributed by atoms with E-state index in [4.69, 9.17) is 4.74 Å². The Morgan fingerprint density at radius 1 is 1.60 bits per heavy atom. The second-order valence-corrected chi connectivity index (χ2v) is 3.12. The van der Waals surface area contributed by atoms with Crippen LogP contribution in [0.25, 0.3) is 0 Å². The molecule has 15 heavy (non-hydrogen) atoms. The molecule has 1 rings (SSSR count). The zero-order chi connectivity index (χ0) is 11.1. The lowest BCUT2D eigenvalue weighted by molar-refractivity contribution is 0.150. The minimum Gasteiger partial charge on any atom is -0.363 e. The van der Waals surface area contributed by atoms with Crippen LogP contribution in [-0.2, 0) is 11.3 Å². The topological polar surface area (TPSA) is 42.1 Å². The number of nitrogens with one attached hydrogen (secondary N) is 1. The highest BCUT2D eigenvalue weighted by Gasteiger charge is 1.91. The van der Waals surface area contributed by atoms with Crippen LogP contribution in [0.2, 0.25) is 0 Å². The Bertz CT molecular complexity index is 448. The van der Waals surface area contributed by atoms with E-state index in [1.54, 1.807) is 12.1 Å². The van der Waals surface area contributed by atoms with E-state index >= 15 is 0 Å². The van der Waals surface area contributed by atoms with Gasteiger partial charge in [0.05, 0.1) is 6.61 Å². The largest absolute Gasteiger partial charge is 0.363 e. The molecule has 0 aliphatic heterocycles. The van der Waals surface area contributed by atoms with Gasteiger partial charge in [-0.1, -0.05) is 24.5 Å². The number of aromatic amines is 1. The standard InChI is InChI=1S/C12H13NO2/c1-10(2)5-4-8-15-9-11-6-3-7-12(14)13-11/h3,6-7H,1,8-9H2,2H3,(H,13,14). The Kier molecular flexibility index (Phi) is 4.39. The lowest BCUT2D eigenvalue weighted by Crippen LogP contribution is -2.07. The van der Waals surface area contributed by atoms with Gasteiger partial charge in [0.15, 0.2) is 0 Å². The van der Waals surface area contributed by atoms with Crippen molar-refractivity contribution in [3.8, 4) is 11.8 Å². The molecule has 0 amide bonds. The third-order valence-corrected chi connectivity index (χ3v) is 1.56. The maximum atomic E-state index is 10.9. The van der Waals surface area contributed by atoms with Crippen LogP contribution in [-0.4, -0.2) is 11.6 Å². The highest BCUT2D eigenvalue weighted by molar-refractivity contribution is 5.23. The molecule has 0 unspecified atom stereocenters. The maximum absolute atomic E-state index is 10.9. The van der Waals surface area contributed by atoms with Crippen LogP contribution >= 0.6 is 0 Å². The molecule has 0 spiro atoms. The van der Waals surface area contributed by atoms with Crippen molar-refractivity contribution in [1.29, 1.82) is 0 Å². The molecule has 3 heteroatoms. The summed E-state index contributed by atoms with van der Waals surface area (Å²) in [6.07, 6.45) is 0. The number of pyridine rings is 1. The zero-order valence-electron chi connectivity index (χ0n) is 8.67. The highest BCUT2D eigenvalue weighted by atomic mass is 16.5. The number of ether oxygens (including phenoxy) is 1. The lowest BCUT2D eigenvalue weighted by atomic mass is 10.3. The first-order chi connectivity index (χ1) is 7.18. The van der Waals surface area contributed by atoms with Gasteiger partial charge in [0.1, 0.15) is 6.61 Å². The van der Waals surface area contributed by atoms with Gasteiger partial charge in [-0.15, -0.1) is 0 Å². The van der Waals surface area contributed by atoms with Gasteiger partial charge in [-0.05, 0) is 18.6 Å². The number of H-pyrrole nitrogens is 1. The predicted molar refractivity (Wildman–Crippen MR) is 59.3 cm³/mol. The maximum Gasteiger partial charge on any atom is 0.248 e. The third-order valence-electron chi connectivity index (χ3n) is 1.56. The summed E-state index contributed by atoms with van der Waals surface area (Å²) in [6.45, 7) is 6.18. The number of aromatic nitrogens is 1. The second-order valence-electron chi connectivity index (χ2n) is 3.12. The fraction of sp³-hybridized carbons (Fsp3) is 0.250. The monoisotopic (exact) mass is 203 g/mol. The number of rotatable bonds is 3. The summed E-state index contributed by atoms with van der Waals surface area (Å²) in [5.74, 6) is 5.61. The summed E-state index contributed by atoms with van der Waals surface area (Å²) < 4.78 is 5.24. The molecule has 0 saturated carbocycles. The summed E-state index contributed by atoms with van der Waals surface area (Å²) in [5, 5.41) is 0. The van der Waals surface area contributed by atoms with Crippen LogP contribution in [0.15, 0.2) is 35.1 Å². The molecule has 78 valence electrons. The summed E-state index contributed by atoms with van der Waals surface area (Å²) in [4.78, 5) is 13.6. The molecule has 0 aliphatic rings. The van der Waals surface area contributed by atoms with E-state index in [2.05, 4.69) is 23.4 Å². The van der Waals surface area contributed by atoms with Gasteiger partial charge in [0.25, 0.3) is 0 Å². The predicted octanol–water partition coefficient (Wildman–Crippen LogP) is 1.47. The molecule has 0 aromatic carbocycles. The SMILES string of the molecule is C=C(C)C#CCOCc1cccc(=O)[nH]1. The van der Waals surface area contributed by atoms with E-state index in [0.717, 1.165) is 11.3 Å². The average Bonchev–Trinajstić information content (AvgIpc) is 2.17. The van der Waals surface area contributed by atoms with Crippen LogP contribution in [0.5, 0.6) is 0 Å². The molecule has 1 aromatic rings. The Morgan fingerprint density at radius 3 is 3.07 bits per heavy atom. The first-order valence-corrected chi connectivity index (χ1v) is 4.59. The van der Waals surface area contributed by atoms with Crippen molar-refractivity contribution >= 4 is 0 Å². The fourth-order valence-corrected chi connectivity index (χ4v) is 0.976.